The van der Waals surface area contributed by atoms with Gasteiger partial charge in [0.2, 0.25) is 11.8 Å². The zero-order valence-corrected chi connectivity index (χ0v) is 15.9. The molecule has 28 heavy (non-hydrogen) atoms. The van der Waals surface area contributed by atoms with Gasteiger partial charge in [0.15, 0.2) is 0 Å². The Morgan fingerprint density at radius 3 is 2.68 bits per heavy atom. The van der Waals surface area contributed by atoms with Gasteiger partial charge in [-0.2, -0.15) is 0 Å². The van der Waals surface area contributed by atoms with Crippen LogP contribution in [0.4, 0.5) is 10.1 Å². The number of fused-ring (bicyclic) bond motifs is 1. The van der Waals surface area contributed by atoms with Crippen LogP contribution in [0.1, 0.15) is 29.5 Å². The molecule has 2 amide bonds. The molecule has 1 aliphatic carbocycles. The number of hydrogen-bond donors (Lipinski definition) is 1. The van der Waals surface area contributed by atoms with Crippen molar-refractivity contribution >= 4 is 17.5 Å². The van der Waals surface area contributed by atoms with Crippen molar-refractivity contribution in [3.8, 4) is 0 Å². The lowest BCUT2D eigenvalue weighted by Gasteiger charge is -2.35. The second-order valence-corrected chi connectivity index (χ2v) is 7.72. The molecule has 0 spiro atoms. The van der Waals surface area contributed by atoms with Gasteiger partial charge in [0.1, 0.15) is 5.82 Å². The summed E-state index contributed by atoms with van der Waals surface area (Å²) in [6.07, 6.45) is 3.19. The minimum atomic E-state index is -0.790. The number of anilines is 1. The fourth-order valence-electron chi connectivity index (χ4n) is 4.09. The van der Waals surface area contributed by atoms with E-state index in [-0.39, 0.29) is 23.7 Å². The van der Waals surface area contributed by atoms with E-state index in [4.69, 9.17) is 0 Å². The van der Waals surface area contributed by atoms with Gasteiger partial charge in [0.05, 0.1) is 11.5 Å². The first-order chi connectivity index (χ1) is 13.4. The van der Waals surface area contributed by atoms with Crippen molar-refractivity contribution in [2.45, 2.75) is 37.6 Å². The molecule has 0 saturated heterocycles. The molecule has 4 nitrogen and oxygen atoms in total. The highest BCUT2D eigenvalue weighted by molar-refractivity contribution is 6.02. The number of amides is 2. The van der Waals surface area contributed by atoms with Gasteiger partial charge >= 0.3 is 0 Å². The smallest absolute Gasteiger partial charge is 0.250 e. The molecule has 1 aliphatic heterocycles. The summed E-state index contributed by atoms with van der Waals surface area (Å²) < 4.78 is 14.5. The van der Waals surface area contributed by atoms with Crippen molar-refractivity contribution in [3.63, 3.8) is 0 Å². The minimum Gasteiger partial charge on any atom is -0.350 e. The summed E-state index contributed by atoms with van der Waals surface area (Å²) >= 11 is 0. The van der Waals surface area contributed by atoms with E-state index in [0.717, 1.165) is 16.8 Å². The van der Waals surface area contributed by atoms with Crippen LogP contribution in [0.15, 0.2) is 55.1 Å². The summed E-state index contributed by atoms with van der Waals surface area (Å²) in [4.78, 5) is 27.0. The molecule has 0 aromatic heterocycles. The highest BCUT2D eigenvalue weighted by Crippen LogP contribution is 2.49. The number of benzene rings is 2. The molecule has 144 valence electrons. The normalized spacial score (nSPS) is 19.5. The molecule has 0 radical (unpaired) electrons. The molecular weight excluding hydrogens is 355 g/mol. The van der Waals surface area contributed by atoms with Gasteiger partial charge in [-0.05, 0) is 55.5 Å². The number of carbonyl (C=O) groups excluding carboxylic acids is 2. The van der Waals surface area contributed by atoms with Gasteiger partial charge in [0.25, 0.3) is 0 Å². The van der Waals surface area contributed by atoms with Gasteiger partial charge in [-0.3, -0.25) is 9.59 Å². The van der Waals surface area contributed by atoms with Gasteiger partial charge in [0, 0.05) is 17.8 Å². The molecule has 1 heterocycles. The Bertz CT molecular complexity index is 965. The van der Waals surface area contributed by atoms with Crippen LogP contribution in [0.2, 0.25) is 0 Å². The minimum absolute atomic E-state index is 0.161. The van der Waals surface area contributed by atoms with Crippen LogP contribution in [0.25, 0.3) is 0 Å². The van der Waals surface area contributed by atoms with Gasteiger partial charge < -0.3 is 10.2 Å². The highest BCUT2D eigenvalue weighted by Gasteiger charge is 2.53. The summed E-state index contributed by atoms with van der Waals surface area (Å²) in [5.41, 5.74) is 2.36. The number of carbonyl (C=O) groups is 2. The van der Waals surface area contributed by atoms with E-state index >= 15 is 0 Å². The van der Waals surface area contributed by atoms with E-state index in [9.17, 15) is 14.0 Å². The topological polar surface area (TPSA) is 49.4 Å². The Kier molecular flexibility index (Phi) is 4.53. The van der Waals surface area contributed by atoms with Gasteiger partial charge in [-0.25, -0.2) is 4.39 Å². The van der Waals surface area contributed by atoms with Gasteiger partial charge in [-0.15, -0.1) is 0 Å². The second-order valence-electron chi connectivity index (χ2n) is 7.72. The summed E-state index contributed by atoms with van der Waals surface area (Å²) in [6.45, 7) is 5.79. The van der Waals surface area contributed by atoms with Crippen LogP contribution in [0, 0.1) is 12.7 Å². The van der Waals surface area contributed by atoms with E-state index in [1.54, 1.807) is 11.0 Å². The first kappa shape index (κ1) is 18.4. The summed E-state index contributed by atoms with van der Waals surface area (Å²) in [7, 11) is 0. The number of hydrogen-bond acceptors (Lipinski definition) is 2. The quantitative estimate of drug-likeness (QED) is 0.829. The molecule has 1 unspecified atom stereocenters. The van der Waals surface area contributed by atoms with Crippen molar-refractivity contribution in [1.29, 1.82) is 0 Å². The Balaban J connectivity index is 1.57. The third-order valence-corrected chi connectivity index (χ3v) is 5.75. The number of rotatable bonds is 4. The lowest BCUT2D eigenvalue weighted by Crippen LogP contribution is -2.52. The molecule has 1 saturated carbocycles. The zero-order valence-electron chi connectivity index (χ0n) is 15.9. The number of aryl methyl sites for hydroxylation is 1. The number of halogens is 1. The van der Waals surface area contributed by atoms with Crippen LogP contribution < -0.4 is 10.2 Å². The third kappa shape index (κ3) is 3.11. The molecule has 4 rings (SSSR count). The first-order valence-electron chi connectivity index (χ1n) is 9.54. The first-order valence-corrected chi connectivity index (χ1v) is 9.54. The standard InChI is InChI=1S/C23H23FN2O2/c1-3-21(27)26-14-17(13-16-6-4-5-7-20(16)26)25-22(28)23(10-11-23)18-9-8-15(2)12-19(18)24/h3-9,12,17H,1,10-11,13-14H2,2H3,(H,25,28). The monoisotopic (exact) mass is 378 g/mol. The number of nitrogens with zero attached hydrogens (tertiary/aromatic N) is 1. The fraction of sp³-hybridized carbons (Fsp3) is 0.304. The van der Waals surface area contributed by atoms with Crippen LogP contribution in [0.3, 0.4) is 0 Å². The zero-order chi connectivity index (χ0) is 19.9. The van der Waals surface area contributed by atoms with E-state index < -0.39 is 5.41 Å². The maximum Gasteiger partial charge on any atom is 0.250 e. The van der Waals surface area contributed by atoms with Crippen molar-refractivity contribution in [3.05, 3.63) is 77.6 Å². The van der Waals surface area contributed by atoms with Crippen LogP contribution in [0.5, 0.6) is 0 Å². The molecule has 0 bridgehead atoms. The molecule has 1 fully saturated rings. The molecule has 2 aromatic rings. The predicted octanol–water partition coefficient (Wildman–Crippen LogP) is 3.43. The van der Waals surface area contributed by atoms with Crippen molar-refractivity contribution in [2.24, 2.45) is 0 Å². The van der Waals surface area contributed by atoms with E-state index in [1.165, 1.54) is 12.1 Å². The molecule has 1 atom stereocenters. The van der Waals surface area contributed by atoms with E-state index in [2.05, 4.69) is 11.9 Å². The van der Waals surface area contributed by atoms with E-state index in [1.807, 2.05) is 37.3 Å². The Morgan fingerprint density at radius 2 is 2.00 bits per heavy atom. The van der Waals surface area contributed by atoms with Crippen LogP contribution in [-0.2, 0) is 21.4 Å². The lowest BCUT2D eigenvalue weighted by molar-refractivity contribution is -0.124. The van der Waals surface area contributed by atoms with Crippen molar-refractivity contribution < 1.29 is 14.0 Å². The Hall–Kier alpha value is -2.95. The molecular formula is C23H23FN2O2. The highest BCUT2D eigenvalue weighted by atomic mass is 19.1. The largest absolute Gasteiger partial charge is 0.350 e. The predicted molar refractivity (Wildman–Crippen MR) is 107 cm³/mol. The maximum atomic E-state index is 14.5. The van der Waals surface area contributed by atoms with Crippen LogP contribution >= 0.6 is 0 Å². The fourth-order valence-corrected chi connectivity index (χ4v) is 4.09. The number of para-hydroxylation sites is 1. The van der Waals surface area contributed by atoms with Crippen molar-refractivity contribution in [2.75, 3.05) is 11.4 Å². The molecule has 2 aliphatic rings. The van der Waals surface area contributed by atoms with Crippen LogP contribution in [-0.4, -0.2) is 24.4 Å². The average molecular weight is 378 g/mol. The second kappa shape index (κ2) is 6.89. The van der Waals surface area contributed by atoms with E-state index in [0.29, 0.717) is 31.4 Å². The summed E-state index contributed by atoms with van der Waals surface area (Å²) in [5.74, 6) is -0.687. The summed E-state index contributed by atoms with van der Waals surface area (Å²) in [5, 5.41) is 3.08. The lowest BCUT2D eigenvalue weighted by atomic mass is 9.92. The SMILES string of the molecule is C=CC(=O)N1CC(NC(=O)C2(c3ccc(C)cc3F)CC2)Cc2ccccc21. The maximum absolute atomic E-state index is 14.5. The molecule has 5 heteroatoms. The van der Waals surface area contributed by atoms with Gasteiger partial charge in [-0.1, -0.05) is 36.9 Å². The molecule has 2 aromatic carbocycles. The Labute approximate surface area is 164 Å². The Morgan fingerprint density at radius 1 is 1.25 bits per heavy atom. The van der Waals surface area contributed by atoms with Crippen molar-refractivity contribution in [1.82, 2.24) is 5.32 Å². The third-order valence-electron chi connectivity index (χ3n) is 5.75. The summed E-state index contributed by atoms with van der Waals surface area (Å²) in [6, 6.07) is 12.5. The average Bonchev–Trinajstić information content (AvgIpc) is 3.48. The molecule has 1 N–H and O–H groups in total. The number of nitrogens with one attached hydrogen (secondary N) is 1.